The van der Waals surface area contributed by atoms with Crippen LogP contribution in [0.25, 0.3) is 0 Å². The number of ether oxygens (including phenoxy) is 1. The minimum absolute atomic E-state index is 0.164. The lowest BCUT2D eigenvalue weighted by atomic mass is 10.1. The third-order valence-electron chi connectivity index (χ3n) is 2.47. The van der Waals surface area contributed by atoms with Crippen LogP contribution in [-0.4, -0.2) is 20.8 Å². The predicted octanol–water partition coefficient (Wildman–Crippen LogP) is 1.95. The van der Waals surface area contributed by atoms with E-state index in [1.165, 1.54) is 26.2 Å². The molecule has 4 nitrogen and oxygen atoms in total. The molecule has 96 valence electrons. The van der Waals surface area contributed by atoms with Gasteiger partial charge in [-0.05, 0) is 19.1 Å². The van der Waals surface area contributed by atoms with E-state index in [1.807, 2.05) is 0 Å². The summed E-state index contributed by atoms with van der Waals surface area (Å²) in [4.78, 5) is 0. The van der Waals surface area contributed by atoms with Gasteiger partial charge in [0.25, 0.3) is 0 Å². The molecular weight excluding hydrogens is 313 g/mol. The first-order valence-electron chi connectivity index (χ1n) is 4.76. The average Bonchev–Trinajstić information content (AvgIpc) is 2.20. The van der Waals surface area contributed by atoms with E-state index >= 15 is 0 Å². The number of methoxy groups -OCH3 is 1. The van der Waals surface area contributed by atoms with Crippen molar-refractivity contribution in [2.24, 2.45) is 5.14 Å². The van der Waals surface area contributed by atoms with E-state index in [1.54, 1.807) is 6.07 Å². The van der Waals surface area contributed by atoms with Gasteiger partial charge in [-0.25, -0.2) is 17.9 Å². The van der Waals surface area contributed by atoms with Gasteiger partial charge in [-0.3, -0.25) is 0 Å². The summed E-state index contributed by atoms with van der Waals surface area (Å²) in [5.41, 5.74) is 0.164. The number of rotatable bonds is 4. The van der Waals surface area contributed by atoms with Gasteiger partial charge in [0, 0.05) is 17.1 Å². The molecule has 0 unspecified atom stereocenters. The Hall–Kier alpha value is -0.500. The van der Waals surface area contributed by atoms with E-state index in [4.69, 9.17) is 9.88 Å². The molecule has 0 spiro atoms. The highest BCUT2D eigenvalue weighted by molar-refractivity contribution is 9.10. The molecule has 17 heavy (non-hydrogen) atoms. The van der Waals surface area contributed by atoms with Crippen LogP contribution in [0, 0.1) is 5.82 Å². The van der Waals surface area contributed by atoms with Crippen LogP contribution in [-0.2, 0) is 14.8 Å². The molecule has 0 aliphatic heterocycles. The quantitative estimate of drug-likeness (QED) is 0.919. The summed E-state index contributed by atoms with van der Waals surface area (Å²) in [5, 5.41) is 4.01. The Morgan fingerprint density at radius 2 is 2.06 bits per heavy atom. The fraction of sp³-hybridized carbons (Fsp3) is 0.400. The summed E-state index contributed by atoms with van der Waals surface area (Å²) < 4.78 is 41.8. The summed E-state index contributed by atoms with van der Waals surface area (Å²) in [6.45, 7) is 1.38. The van der Waals surface area contributed by atoms with Crippen LogP contribution >= 0.6 is 15.9 Å². The number of hydrogen-bond donors (Lipinski definition) is 1. The lowest BCUT2D eigenvalue weighted by molar-refractivity contribution is 0.0991. The number of benzene rings is 1. The van der Waals surface area contributed by atoms with E-state index in [-0.39, 0.29) is 5.56 Å². The smallest absolute Gasteiger partial charge is 0.214 e. The van der Waals surface area contributed by atoms with Crippen molar-refractivity contribution in [2.75, 3.05) is 7.11 Å². The van der Waals surface area contributed by atoms with Crippen LogP contribution in [0.5, 0.6) is 0 Å². The van der Waals surface area contributed by atoms with E-state index < -0.39 is 27.2 Å². The van der Waals surface area contributed by atoms with Gasteiger partial charge in [0.05, 0.1) is 0 Å². The SMILES string of the molecule is CO[C@@H](c1ccc(Br)cc1F)[C@@H](C)S(N)(=O)=O. The molecule has 0 radical (unpaired) electrons. The van der Waals surface area contributed by atoms with Crippen molar-refractivity contribution in [1.29, 1.82) is 0 Å². The summed E-state index contributed by atoms with van der Waals surface area (Å²) in [5.74, 6) is -0.540. The monoisotopic (exact) mass is 325 g/mol. The van der Waals surface area contributed by atoms with Gasteiger partial charge in [-0.15, -0.1) is 0 Å². The Bertz CT molecular complexity index is 506. The molecule has 0 aromatic heterocycles. The maximum Gasteiger partial charge on any atom is 0.214 e. The number of primary sulfonamides is 1. The summed E-state index contributed by atoms with van der Waals surface area (Å²) in [6, 6.07) is 4.33. The predicted molar refractivity (Wildman–Crippen MR) is 66.4 cm³/mol. The molecule has 2 atom stereocenters. The molecule has 0 saturated carbocycles. The van der Waals surface area contributed by atoms with Gasteiger partial charge in [0.15, 0.2) is 0 Å². The molecule has 0 amide bonds. The molecular formula is C10H13BrFNO3S. The molecule has 1 aromatic carbocycles. The van der Waals surface area contributed by atoms with Gasteiger partial charge >= 0.3 is 0 Å². The first kappa shape index (κ1) is 14.6. The lowest BCUT2D eigenvalue weighted by Gasteiger charge is -2.21. The second kappa shape index (κ2) is 5.43. The first-order valence-corrected chi connectivity index (χ1v) is 7.17. The Labute approximate surface area is 108 Å². The fourth-order valence-corrected chi connectivity index (χ4v) is 2.41. The number of nitrogens with two attached hydrogens (primary N) is 1. The third kappa shape index (κ3) is 3.48. The van der Waals surface area contributed by atoms with Gasteiger partial charge < -0.3 is 4.74 Å². The van der Waals surface area contributed by atoms with Gasteiger partial charge in [0.1, 0.15) is 17.2 Å². The van der Waals surface area contributed by atoms with Crippen molar-refractivity contribution in [3.8, 4) is 0 Å². The van der Waals surface area contributed by atoms with Crippen molar-refractivity contribution >= 4 is 26.0 Å². The molecule has 0 bridgehead atoms. The number of sulfonamides is 1. The van der Waals surface area contributed by atoms with Crippen LogP contribution in [0.4, 0.5) is 4.39 Å². The van der Waals surface area contributed by atoms with Crippen molar-refractivity contribution < 1.29 is 17.5 Å². The van der Waals surface area contributed by atoms with Crippen molar-refractivity contribution in [1.82, 2.24) is 0 Å². The summed E-state index contributed by atoms with van der Waals surface area (Å²) in [7, 11) is -2.48. The Balaban J connectivity index is 3.19. The van der Waals surface area contributed by atoms with E-state index in [2.05, 4.69) is 15.9 Å². The molecule has 0 heterocycles. The fourth-order valence-electron chi connectivity index (χ4n) is 1.48. The highest BCUT2D eigenvalue weighted by Crippen LogP contribution is 2.28. The number of hydrogen-bond acceptors (Lipinski definition) is 3. The molecule has 1 rings (SSSR count). The number of halogens is 2. The molecule has 0 saturated heterocycles. The van der Waals surface area contributed by atoms with Crippen molar-refractivity contribution in [2.45, 2.75) is 18.3 Å². The van der Waals surface area contributed by atoms with E-state index in [9.17, 15) is 12.8 Å². The largest absolute Gasteiger partial charge is 0.375 e. The van der Waals surface area contributed by atoms with Crippen LogP contribution in [0.1, 0.15) is 18.6 Å². The summed E-state index contributed by atoms with van der Waals surface area (Å²) in [6.07, 6.45) is -0.932. The zero-order chi connectivity index (χ0) is 13.2. The van der Waals surface area contributed by atoms with Crippen LogP contribution in [0.3, 0.4) is 0 Å². The normalized spacial score (nSPS) is 15.6. The first-order chi connectivity index (χ1) is 7.77. The van der Waals surface area contributed by atoms with Gasteiger partial charge in [-0.1, -0.05) is 22.0 Å². The molecule has 1 aromatic rings. The highest BCUT2D eigenvalue weighted by atomic mass is 79.9. The maximum atomic E-state index is 13.7. The second-order valence-corrected chi connectivity index (χ2v) is 6.45. The Kier molecular flexibility index (Phi) is 4.65. The van der Waals surface area contributed by atoms with Crippen LogP contribution < -0.4 is 5.14 Å². The average molecular weight is 326 g/mol. The zero-order valence-corrected chi connectivity index (χ0v) is 11.8. The zero-order valence-electron chi connectivity index (χ0n) is 9.35. The van der Waals surface area contributed by atoms with Crippen LogP contribution in [0.15, 0.2) is 22.7 Å². The van der Waals surface area contributed by atoms with Gasteiger partial charge in [0.2, 0.25) is 10.0 Å². The van der Waals surface area contributed by atoms with E-state index in [0.29, 0.717) is 4.47 Å². The highest BCUT2D eigenvalue weighted by Gasteiger charge is 2.29. The molecule has 7 heteroatoms. The maximum absolute atomic E-state index is 13.7. The third-order valence-corrected chi connectivity index (χ3v) is 4.24. The summed E-state index contributed by atoms with van der Waals surface area (Å²) >= 11 is 3.12. The minimum atomic E-state index is -3.79. The second-order valence-electron chi connectivity index (χ2n) is 3.62. The van der Waals surface area contributed by atoms with Crippen molar-refractivity contribution in [3.63, 3.8) is 0 Å². The molecule has 0 aliphatic carbocycles. The van der Waals surface area contributed by atoms with Gasteiger partial charge in [-0.2, -0.15) is 0 Å². The van der Waals surface area contributed by atoms with E-state index in [0.717, 1.165) is 0 Å². The van der Waals surface area contributed by atoms with Crippen molar-refractivity contribution in [3.05, 3.63) is 34.1 Å². The van der Waals surface area contributed by atoms with Crippen LogP contribution in [0.2, 0.25) is 0 Å². The topological polar surface area (TPSA) is 69.4 Å². The Morgan fingerprint density at radius 3 is 2.47 bits per heavy atom. The minimum Gasteiger partial charge on any atom is -0.375 e. The molecule has 2 N–H and O–H groups in total. The Morgan fingerprint density at radius 1 is 1.47 bits per heavy atom. The molecule has 0 aliphatic rings. The molecule has 0 fully saturated rings. The lowest BCUT2D eigenvalue weighted by Crippen LogP contribution is -2.32. The standard InChI is InChI=1S/C10H13BrFNO3S/c1-6(17(13,14)15)10(16-2)8-4-3-7(11)5-9(8)12/h3-6,10H,1-2H3,(H2,13,14,15)/t6-,10-/m1/s1.